The monoisotopic (exact) mass is 288 g/mol. The van der Waals surface area contributed by atoms with Crippen LogP contribution >= 0.6 is 0 Å². The average Bonchev–Trinajstić information content (AvgIpc) is 2.96. The minimum atomic E-state index is 0.222. The van der Waals surface area contributed by atoms with Crippen molar-refractivity contribution in [2.24, 2.45) is 0 Å². The number of aromatic nitrogens is 3. The maximum absolute atomic E-state index is 5.79. The van der Waals surface area contributed by atoms with Gasteiger partial charge in [-0.2, -0.15) is 0 Å². The van der Waals surface area contributed by atoms with Crippen LogP contribution in [-0.4, -0.2) is 28.1 Å². The molecule has 0 aliphatic rings. The second-order valence-electron chi connectivity index (χ2n) is 4.94. The Morgan fingerprint density at radius 1 is 1.24 bits per heavy atom. The summed E-state index contributed by atoms with van der Waals surface area (Å²) in [6.45, 7) is 6.73. The molecule has 1 N–H and O–H groups in total. The predicted molar refractivity (Wildman–Crippen MR) is 83.3 cm³/mol. The molecule has 21 heavy (non-hydrogen) atoms. The van der Waals surface area contributed by atoms with Crippen LogP contribution in [0.1, 0.15) is 38.4 Å². The summed E-state index contributed by atoms with van der Waals surface area (Å²) in [5.41, 5.74) is 1.13. The second kappa shape index (κ2) is 8.42. The number of hydrogen-bond acceptors (Lipinski definition) is 4. The summed E-state index contributed by atoms with van der Waals surface area (Å²) in [5.74, 6) is 0.910. The summed E-state index contributed by atoms with van der Waals surface area (Å²) in [6, 6.07) is 10.1. The fraction of sp³-hybridized carbons (Fsp3) is 0.500. The Morgan fingerprint density at radius 2 is 2.05 bits per heavy atom. The Morgan fingerprint density at radius 3 is 2.76 bits per heavy atom. The third-order valence-electron chi connectivity index (χ3n) is 3.31. The van der Waals surface area contributed by atoms with Crippen LogP contribution in [0.2, 0.25) is 0 Å². The van der Waals surface area contributed by atoms with Crippen LogP contribution in [0.25, 0.3) is 0 Å². The van der Waals surface area contributed by atoms with Gasteiger partial charge in [0.2, 0.25) is 0 Å². The lowest BCUT2D eigenvalue weighted by Gasteiger charge is -2.18. The van der Waals surface area contributed by atoms with Crippen LogP contribution in [0.5, 0.6) is 5.75 Å². The molecule has 0 amide bonds. The molecule has 1 aromatic heterocycles. The molecule has 0 radical (unpaired) electrons. The smallest absolute Gasteiger partial charge is 0.119 e. The van der Waals surface area contributed by atoms with Crippen LogP contribution in [0.4, 0.5) is 0 Å². The van der Waals surface area contributed by atoms with Crippen molar-refractivity contribution in [2.75, 3.05) is 13.2 Å². The number of nitrogens with one attached hydrogen (secondary N) is 1. The lowest BCUT2D eigenvalue weighted by molar-refractivity contribution is 0.283. The van der Waals surface area contributed by atoms with Crippen molar-refractivity contribution >= 4 is 0 Å². The van der Waals surface area contributed by atoms with E-state index in [4.69, 9.17) is 4.74 Å². The lowest BCUT2D eigenvalue weighted by Crippen LogP contribution is -2.25. The van der Waals surface area contributed by atoms with Crippen molar-refractivity contribution in [1.82, 2.24) is 20.3 Å². The van der Waals surface area contributed by atoms with Gasteiger partial charge in [-0.25, -0.2) is 4.68 Å². The number of benzene rings is 1. The molecule has 0 aliphatic carbocycles. The molecule has 0 aliphatic heterocycles. The van der Waals surface area contributed by atoms with E-state index in [-0.39, 0.29) is 6.04 Å². The van der Waals surface area contributed by atoms with E-state index in [2.05, 4.69) is 29.5 Å². The number of nitrogens with zero attached hydrogens (tertiary/aromatic N) is 3. The Hall–Kier alpha value is -1.88. The van der Waals surface area contributed by atoms with Crippen molar-refractivity contribution in [3.05, 3.63) is 42.2 Å². The van der Waals surface area contributed by atoms with E-state index in [0.29, 0.717) is 6.61 Å². The standard InChI is InChI=1S/C16H24N4O/c1-3-11-20-16(13-18-19-20)15(17-4-2)10-12-21-14-8-6-5-7-9-14/h5-9,13,15,17H,3-4,10-12H2,1-2H3. The van der Waals surface area contributed by atoms with Gasteiger partial charge in [0, 0.05) is 13.0 Å². The normalized spacial score (nSPS) is 12.3. The number of para-hydroxylation sites is 1. The summed E-state index contributed by atoms with van der Waals surface area (Å²) >= 11 is 0. The zero-order valence-corrected chi connectivity index (χ0v) is 12.8. The second-order valence-corrected chi connectivity index (χ2v) is 4.94. The van der Waals surface area contributed by atoms with Crippen molar-refractivity contribution in [2.45, 2.75) is 39.3 Å². The number of ether oxygens (including phenoxy) is 1. The van der Waals surface area contributed by atoms with Crippen molar-refractivity contribution in [3.8, 4) is 5.75 Å². The SMILES string of the molecule is CCCn1nncc1C(CCOc1ccccc1)NCC. The molecule has 1 aromatic carbocycles. The molecular formula is C16H24N4O. The molecule has 5 nitrogen and oxygen atoms in total. The molecule has 1 unspecified atom stereocenters. The molecule has 2 aromatic rings. The molecule has 0 saturated carbocycles. The van der Waals surface area contributed by atoms with Gasteiger partial charge in [-0.15, -0.1) is 5.10 Å². The maximum atomic E-state index is 5.79. The Labute approximate surface area is 126 Å². The zero-order chi connectivity index (χ0) is 14.9. The van der Waals surface area contributed by atoms with Crippen molar-refractivity contribution < 1.29 is 4.74 Å². The van der Waals surface area contributed by atoms with Crippen LogP contribution in [0, 0.1) is 0 Å². The average molecular weight is 288 g/mol. The molecule has 1 heterocycles. The summed E-state index contributed by atoms with van der Waals surface area (Å²) in [6.07, 6.45) is 3.79. The third kappa shape index (κ3) is 4.56. The number of rotatable bonds is 9. The highest BCUT2D eigenvalue weighted by atomic mass is 16.5. The highest BCUT2D eigenvalue weighted by Crippen LogP contribution is 2.17. The predicted octanol–water partition coefficient (Wildman–Crippen LogP) is 2.81. The van der Waals surface area contributed by atoms with Crippen LogP contribution in [0.3, 0.4) is 0 Å². The molecule has 5 heteroatoms. The van der Waals surface area contributed by atoms with Gasteiger partial charge in [0.15, 0.2) is 0 Å². The highest BCUT2D eigenvalue weighted by molar-refractivity contribution is 5.20. The fourth-order valence-electron chi connectivity index (χ4n) is 2.33. The van der Waals surface area contributed by atoms with Crippen molar-refractivity contribution in [3.63, 3.8) is 0 Å². The number of aryl methyl sites for hydroxylation is 1. The minimum absolute atomic E-state index is 0.222. The van der Waals surface area contributed by atoms with Gasteiger partial charge in [0.25, 0.3) is 0 Å². The maximum Gasteiger partial charge on any atom is 0.119 e. The number of hydrogen-bond donors (Lipinski definition) is 1. The zero-order valence-electron chi connectivity index (χ0n) is 12.8. The van der Waals surface area contributed by atoms with E-state index in [0.717, 1.165) is 37.4 Å². The topological polar surface area (TPSA) is 52.0 Å². The van der Waals surface area contributed by atoms with Gasteiger partial charge in [-0.05, 0) is 25.1 Å². The molecule has 0 saturated heterocycles. The van der Waals surface area contributed by atoms with E-state index in [1.54, 1.807) is 0 Å². The van der Waals surface area contributed by atoms with E-state index in [1.807, 2.05) is 41.2 Å². The Kier molecular flexibility index (Phi) is 6.22. The van der Waals surface area contributed by atoms with Crippen LogP contribution in [-0.2, 0) is 6.54 Å². The summed E-state index contributed by atoms with van der Waals surface area (Å²) in [5, 5.41) is 11.7. The molecule has 0 spiro atoms. The molecule has 0 bridgehead atoms. The van der Waals surface area contributed by atoms with E-state index in [9.17, 15) is 0 Å². The first-order valence-corrected chi connectivity index (χ1v) is 7.64. The summed E-state index contributed by atoms with van der Waals surface area (Å²) in [7, 11) is 0. The van der Waals surface area contributed by atoms with E-state index >= 15 is 0 Å². The van der Waals surface area contributed by atoms with E-state index in [1.165, 1.54) is 0 Å². The van der Waals surface area contributed by atoms with Crippen molar-refractivity contribution in [1.29, 1.82) is 0 Å². The molecule has 2 rings (SSSR count). The highest BCUT2D eigenvalue weighted by Gasteiger charge is 2.16. The Bertz CT molecular complexity index is 512. The van der Waals surface area contributed by atoms with Gasteiger partial charge in [-0.1, -0.05) is 37.3 Å². The molecular weight excluding hydrogens is 264 g/mol. The first kappa shape index (κ1) is 15.5. The Balaban J connectivity index is 1.94. The van der Waals surface area contributed by atoms with Gasteiger partial charge in [-0.3, -0.25) is 0 Å². The van der Waals surface area contributed by atoms with Crippen LogP contribution < -0.4 is 10.1 Å². The first-order chi connectivity index (χ1) is 10.3. The van der Waals surface area contributed by atoms with Gasteiger partial charge >= 0.3 is 0 Å². The van der Waals surface area contributed by atoms with Gasteiger partial charge in [0.05, 0.1) is 24.5 Å². The van der Waals surface area contributed by atoms with E-state index < -0.39 is 0 Å². The first-order valence-electron chi connectivity index (χ1n) is 7.64. The quantitative estimate of drug-likeness (QED) is 0.771. The van der Waals surface area contributed by atoms with Crippen LogP contribution in [0.15, 0.2) is 36.5 Å². The molecule has 1 atom stereocenters. The molecule has 0 fully saturated rings. The molecule has 114 valence electrons. The third-order valence-corrected chi connectivity index (χ3v) is 3.31. The summed E-state index contributed by atoms with van der Waals surface area (Å²) < 4.78 is 7.77. The largest absolute Gasteiger partial charge is 0.494 e. The fourth-order valence-corrected chi connectivity index (χ4v) is 2.33. The summed E-state index contributed by atoms with van der Waals surface area (Å²) in [4.78, 5) is 0. The van der Waals surface area contributed by atoms with Gasteiger partial charge < -0.3 is 10.1 Å². The minimum Gasteiger partial charge on any atom is -0.494 e. The van der Waals surface area contributed by atoms with Gasteiger partial charge in [0.1, 0.15) is 5.75 Å². The lowest BCUT2D eigenvalue weighted by atomic mass is 10.1.